The predicted octanol–water partition coefficient (Wildman–Crippen LogP) is 2.97. The second-order valence-electron chi connectivity index (χ2n) is 3.51. The Labute approximate surface area is 119 Å². The van der Waals surface area contributed by atoms with Crippen molar-refractivity contribution >= 4 is 55.8 Å². The summed E-state index contributed by atoms with van der Waals surface area (Å²) in [4.78, 5) is 13.4. The Morgan fingerprint density at radius 3 is 2.82 bits per heavy atom. The number of nitrogens with one attached hydrogen (secondary N) is 1. The normalized spacial score (nSPS) is 9.82. The van der Waals surface area contributed by atoms with Crippen molar-refractivity contribution < 1.29 is 4.79 Å². The molecule has 0 spiro atoms. The molecule has 1 N–H and O–H groups in total. The minimum absolute atomic E-state index is 0.0581. The standard InChI is InChI=1S/C11H13BrN2OS2/c1-14(2)11(16)17-7-10(15)13-9-5-3-4-8(12)6-9/h3-6H,7H2,1-2H3,(H,13,15). The Morgan fingerprint density at radius 2 is 2.24 bits per heavy atom. The zero-order valence-electron chi connectivity index (χ0n) is 9.57. The fourth-order valence-electron chi connectivity index (χ4n) is 1.02. The third-order valence-corrected chi connectivity index (χ3v) is 4.03. The molecule has 1 rings (SSSR count). The van der Waals surface area contributed by atoms with Gasteiger partial charge in [0, 0.05) is 24.3 Å². The molecule has 92 valence electrons. The topological polar surface area (TPSA) is 32.3 Å². The number of anilines is 1. The molecule has 3 nitrogen and oxygen atoms in total. The van der Waals surface area contributed by atoms with E-state index in [1.165, 1.54) is 11.8 Å². The maximum atomic E-state index is 11.6. The molecule has 1 amide bonds. The number of halogens is 1. The van der Waals surface area contributed by atoms with E-state index in [1.807, 2.05) is 43.3 Å². The minimum atomic E-state index is -0.0581. The first-order chi connectivity index (χ1) is 7.99. The van der Waals surface area contributed by atoms with Crippen LogP contribution in [0, 0.1) is 0 Å². The van der Waals surface area contributed by atoms with E-state index in [1.54, 1.807) is 0 Å². The summed E-state index contributed by atoms with van der Waals surface area (Å²) in [6.45, 7) is 0. The highest BCUT2D eigenvalue weighted by Crippen LogP contribution is 2.16. The molecule has 0 saturated heterocycles. The number of carbonyl (C=O) groups excluding carboxylic acids is 1. The summed E-state index contributed by atoms with van der Waals surface area (Å²) < 4.78 is 1.64. The molecular formula is C11H13BrN2OS2. The first-order valence-corrected chi connectivity index (χ1v) is 7.07. The van der Waals surface area contributed by atoms with Gasteiger partial charge in [-0.2, -0.15) is 0 Å². The van der Waals surface area contributed by atoms with Crippen molar-refractivity contribution in [2.45, 2.75) is 0 Å². The van der Waals surface area contributed by atoms with Gasteiger partial charge in [-0.15, -0.1) is 0 Å². The van der Waals surface area contributed by atoms with Crippen LogP contribution in [0.1, 0.15) is 0 Å². The molecule has 1 aromatic carbocycles. The maximum Gasteiger partial charge on any atom is 0.234 e. The molecule has 0 atom stereocenters. The monoisotopic (exact) mass is 332 g/mol. The average Bonchev–Trinajstić information content (AvgIpc) is 2.25. The Balaban J connectivity index is 2.43. The summed E-state index contributed by atoms with van der Waals surface area (Å²) in [6.07, 6.45) is 0. The summed E-state index contributed by atoms with van der Waals surface area (Å²) in [5.41, 5.74) is 0.778. The number of thiocarbonyl (C=S) groups is 1. The maximum absolute atomic E-state index is 11.6. The van der Waals surface area contributed by atoms with Crippen molar-refractivity contribution in [2.75, 3.05) is 25.2 Å². The third-order valence-electron chi connectivity index (χ3n) is 1.80. The molecule has 17 heavy (non-hydrogen) atoms. The van der Waals surface area contributed by atoms with Crippen LogP contribution in [0.2, 0.25) is 0 Å². The number of nitrogens with zero attached hydrogens (tertiary/aromatic N) is 1. The van der Waals surface area contributed by atoms with Gasteiger partial charge in [0.15, 0.2) is 0 Å². The van der Waals surface area contributed by atoms with Crippen LogP contribution < -0.4 is 5.32 Å². The van der Waals surface area contributed by atoms with Crippen LogP contribution in [0.25, 0.3) is 0 Å². The molecule has 0 unspecified atom stereocenters. The Bertz CT molecular complexity index is 424. The van der Waals surface area contributed by atoms with Crippen molar-refractivity contribution in [1.29, 1.82) is 0 Å². The second-order valence-corrected chi connectivity index (χ2v) is 6.03. The van der Waals surface area contributed by atoms with E-state index in [0.717, 1.165) is 10.2 Å². The summed E-state index contributed by atoms with van der Waals surface area (Å²) in [6, 6.07) is 7.48. The smallest absolute Gasteiger partial charge is 0.234 e. The largest absolute Gasteiger partial charge is 0.364 e. The highest BCUT2D eigenvalue weighted by molar-refractivity contribution is 9.10. The lowest BCUT2D eigenvalue weighted by molar-refractivity contribution is -0.113. The van der Waals surface area contributed by atoms with Crippen molar-refractivity contribution in [1.82, 2.24) is 4.90 Å². The lowest BCUT2D eigenvalue weighted by Gasteiger charge is -2.12. The highest BCUT2D eigenvalue weighted by atomic mass is 79.9. The zero-order valence-corrected chi connectivity index (χ0v) is 12.8. The molecule has 0 aliphatic heterocycles. The summed E-state index contributed by atoms with van der Waals surface area (Å²) in [7, 11) is 3.73. The summed E-state index contributed by atoms with van der Waals surface area (Å²) >= 11 is 9.78. The van der Waals surface area contributed by atoms with Gasteiger partial charge in [-0.05, 0) is 18.2 Å². The Morgan fingerprint density at radius 1 is 1.53 bits per heavy atom. The quantitative estimate of drug-likeness (QED) is 0.862. The number of amides is 1. The lowest BCUT2D eigenvalue weighted by atomic mass is 10.3. The van der Waals surface area contributed by atoms with Crippen LogP contribution in [0.4, 0.5) is 5.69 Å². The molecule has 1 aromatic rings. The van der Waals surface area contributed by atoms with Crippen molar-refractivity contribution in [3.8, 4) is 0 Å². The van der Waals surface area contributed by atoms with Gasteiger partial charge in [0.05, 0.1) is 5.75 Å². The van der Waals surface area contributed by atoms with Crippen LogP contribution in [-0.2, 0) is 4.79 Å². The van der Waals surface area contributed by atoms with Gasteiger partial charge in [0.25, 0.3) is 0 Å². The minimum Gasteiger partial charge on any atom is -0.364 e. The van der Waals surface area contributed by atoms with Gasteiger partial charge in [-0.25, -0.2) is 0 Å². The third kappa shape index (κ3) is 5.52. The molecular weight excluding hydrogens is 320 g/mol. The van der Waals surface area contributed by atoms with Crippen LogP contribution in [0.5, 0.6) is 0 Å². The number of rotatable bonds is 3. The molecule has 0 aliphatic carbocycles. The van der Waals surface area contributed by atoms with Gasteiger partial charge in [-0.1, -0.05) is 46.0 Å². The van der Waals surface area contributed by atoms with Crippen LogP contribution in [0.15, 0.2) is 28.7 Å². The summed E-state index contributed by atoms with van der Waals surface area (Å²) in [5, 5.41) is 2.81. The Kier molecular flexibility index (Phi) is 5.94. The van der Waals surface area contributed by atoms with Crippen LogP contribution in [0.3, 0.4) is 0 Å². The van der Waals surface area contributed by atoms with Gasteiger partial charge in [0.1, 0.15) is 4.32 Å². The first-order valence-electron chi connectivity index (χ1n) is 4.88. The van der Waals surface area contributed by atoms with Gasteiger partial charge in [-0.3, -0.25) is 4.79 Å². The van der Waals surface area contributed by atoms with Crippen LogP contribution in [-0.4, -0.2) is 35.0 Å². The highest BCUT2D eigenvalue weighted by Gasteiger charge is 2.06. The van der Waals surface area contributed by atoms with Crippen molar-refractivity contribution in [2.24, 2.45) is 0 Å². The van der Waals surface area contributed by atoms with Gasteiger partial charge >= 0.3 is 0 Å². The van der Waals surface area contributed by atoms with E-state index in [9.17, 15) is 4.79 Å². The SMILES string of the molecule is CN(C)C(=S)SCC(=O)Nc1cccc(Br)c1. The fraction of sp³-hybridized carbons (Fsp3) is 0.273. The van der Waals surface area contributed by atoms with E-state index in [-0.39, 0.29) is 5.91 Å². The molecule has 0 fully saturated rings. The second kappa shape index (κ2) is 6.98. The lowest BCUT2D eigenvalue weighted by Crippen LogP contribution is -2.20. The van der Waals surface area contributed by atoms with E-state index < -0.39 is 0 Å². The van der Waals surface area contributed by atoms with Crippen molar-refractivity contribution in [3.63, 3.8) is 0 Å². The van der Waals surface area contributed by atoms with E-state index >= 15 is 0 Å². The summed E-state index contributed by atoms with van der Waals surface area (Å²) in [5.74, 6) is 0.265. The zero-order chi connectivity index (χ0) is 12.8. The number of hydrogen-bond acceptors (Lipinski definition) is 3. The fourth-order valence-corrected chi connectivity index (χ4v) is 2.18. The van der Waals surface area contributed by atoms with Crippen LogP contribution >= 0.6 is 39.9 Å². The molecule has 0 radical (unpaired) electrons. The molecule has 0 aromatic heterocycles. The van der Waals surface area contributed by atoms with Crippen molar-refractivity contribution in [3.05, 3.63) is 28.7 Å². The number of benzene rings is 1. The molecule has 0 heterocycles. The molecule has 0 bridgehead atoms. The predicted molar refractivity (Wildman–Crippen MR) is 81.5 cm³/mol. The number of carbonyl (C=O) groups is 1. The first kappa shape index (κ1) is 14.5. The van der Waals surface area contributed by atoms with E-state index in [2.05, 4.69) is 21.2 Å². The molecule has 0 aliphatic rings. The van der Waals surface area contributed by atoms with E-state index in [0.29, 0.717) is 10.1 Å². The number of hydrogen-bond donors (Lipinski definition) is 1. The van der Waals surface area contributed by atoms with Gasteiger partial charge < -0.3 is 10.2 Å². The Hall–Kier alpha value is -0.590. The average molecular weight is 333 g/mol. The molecule has 0 saturated carbocycles. The number of thioether (sulfide) groups is 1. The van der Waals surface area contributed by atoms with E-state index in [4.69, 9.17) is 12.2 Å². The molecule has 6 heteroatoms. The van der Waals surface area contributed by atoms with Gasteiger partial charge in [0.2, 0.25) is 5.91 Å².